The first-order chi connectivity index (χ1) is 10.7. The zero-order valence-corrected chi connectivity index (χ0v) is 13.9. The van der Waals surface area contributed by atoms with Crippen LogP contribution in [0.25, 0.3) is 0 Å². The van der Waals surface area contributed by atoms with Crippen LogP contribution >= 0.6 is 11.6 Å². The maximum Gasteiger partial charge on any atom is 0.233 e. The highest BCUT2D eigenvalue weighted by molar-refractivity contribution is 6.30. The van der Waals surface area contributed by atoms with Crippen LogP contribution in [0.2, 0.25) is 5.02 Å². The predicted octanol–water partition coefficient (Wildman–Crippen LogP) is 2.50. The van der Waals surface area contributed by atoms with Crippen LogP contribution in [0.5, 0.6) is 0 Å². The molecule has 122 valence electrons. The van der Waals surface area contributed by atoms with E-state index in [9.17, 15) is 4.79 Å². The highest BCUT2D eigenvalue weighted by atomic mass is 35.5. The van der Waals surface area contributed by atoms with E-state index in [1.807, 2.05) is 12.1 Å². The fraction of sp³-hybridized carbons (Fsp3) is 0.588. The standard InChI is InChI=1S/C17H25ClN2O2/c1-22-11-10-19-12-16(21)20-13-17(8-2-3-9-17)14-4-6-15(18)7-5-14/h4-7,19H,2-3,8-13H2,1H3,(H,20,21). The zero-order valence-electron chi connectivity index (χ0n) is 13.2. The van der Waals surface area contributed by atoms with Crippen molar-refractivity contribution in [1.29, 1.82) is 0 Å². The fourth-order valence-corrected chi connectivity index (χ4v) is 3.26. The van der Waals surface area contributed by atoms with E-state index in [0.29, 0.717) is 26.2 Å². The van der Waals surface area contributed by atoms with Gasteiger partial charge >= 0.3 is 0 Å². The van der Waals surface area contributed by atoms with Crippen LogP contribution in [0, 0.1) is 0 Å². The lowest BCUT2D eigenvalue weighted by Crippen LogP contribution is -2.42. The molecule has 1 aromatic rings. The lowest BCUT2D eigenvalue weighted by atomic mass is 9.79. The Bertz CT molecular complexity index is 470. The Morgan fingerprint density at radius 2 is 1.95 bits per heavy atom. The number of carbonyl (C=O) groups is 1. The zero-order chi connectivity index (χ0) is 15.8. The Labute approximate surface area is 137 Å². The molecular weight excluding hydrogens is 300 g/mol. The summed E-state index contributed by atoms with van der Waals surface area (Å²) in [5.74, 6) is 0.0383. The van der Waals surface area contributed by atoms with Crippen molar-refractivity contribution in [3.05, 3.63) is 34.9 Å². The van der Waals surface area contributed by atoms with E-state index in [-0.39, 0.29) is 11.3 Å². The van der Waals surface area contributed by atoms with Crippen molar-refractivity contribution in [2.45, 2.75) is 31.1 Å². The minimum Gasteiger partial charge on any atom is -0.383 e. The lowest BCUT2D eigenvalue weighted by molar-refractivity contribution is -0.120. The second kappa shape index (κ2) is 8.51. The topological polar surface area (TPSA) is 50.4 Å². The van der Waals surface area contributed by atoms with Gasteiger partial charge in [-0.1, -0.05) is 36.6 Å². The summed E-state index contributed by atoms with van der Waals surface area (Å²) >= 11 is 5.99. The van der Waals surface area contributed by atoms with Gasteiger partial charge in [-0.25, -0.2) is 0 Å². The summed E-state index contributed by atoms with van der Waals surface area (Å²) < 4.78 is 4.94. The van der Waals surface area contributed by atoms with Crippen LogP contribution in [0.4, 0.5) is 0 Å². The summed E-state index contributed by atoms with van der Waals surface area (Å²) in [6.07, 6.45) is 4.66. The van der Waals surface area contributed by atoms with Gasteiger partial charge in [0.25, 0.3) is 0 Å². The maximum atomic E-state index is 12.0. The molecule has 1 amide bonds. The van der Waals surface area contributed by atoms with Crippen molar-refractivity contribution in [2.75, 3.05) is 33.4 Å². The molecule has 0 bridgehead atoms. The van der Waals surface area contributed by atoms with Gasteiger partial charge in [-0.2, -0.15) is 0 Å². The quantitative estimate of drug-likeness (QED) is 0.722. The van der Waals surface area contributed by atoms with Crippen molar-refractivity contribution in [3.63, 3.8) is 0 Å². The van der Waals surface area contributed by atoms with Crippen molar-refractivity contribution in [2.24, 2.45) is 0 Å². The summed E-state index contributed by atoms with van der Waals surface area (Å²) in [7, 11) is 1.65. The second-order valence-corrected chi connectivity index (χ2v) is 6.38. The third-order valence-electron chi connectivity index (χ3n) is 4.41. The average molecular weight is 325 g/mol. The average Bonchev–Trinajstić information content (AvgIpc) is 3.00. The van der Waals surface area contributed by atoms with Gasteiger partial charge < -0.3 is 15.4 Å². The number of ether oxygens (including phenoxy) is 1. The maximum absolute atomic E-state index is 12.0. The molecular formula is C17H25ClN2O2. The Morgan fingerprint density at radius 1 is 1.27 bits per heavy atom. The molecule has 1 aromatic carbocycles. The van der Waals surface area contributed by atoms with E-state index in [0.717, 1.165) is 17.9 Å². The van der Waals surface area contributed by atoms with Crippen LogP contribution in [-0.4, -0.2) is 39.3 Å². The first-order valence-electron chi connectivity index (χ1n) is 7.89. The van der Waals surface area contributed by atoms with Crippen LogP contribution in [0.3, 0.4) is 0 Å². The third-order valence-corrected chi connectivity index (χ3v) is 4.66. The van der Waals surface area contributed by atoms with Crippen LogP contribution < -0.4 is 10.6 Å². The molecule has 2 N–H and O–H groups in total. The molecule has 5 heteroatoms. The van der Waals surface area contributed by atoms with E-state index in [4.69, 9.17) is 16.3 Å². The number of amides is 1. The first kappa shape index (κ1) is 17.3. The number of hydrogen-bond acceptors (Lipinski definition) is 3. The van der Waals surface area contributed by atoms with Gasteiger partial charge in [0.05, 0.1) is 13.2 Å². The molecule has 0 spiro atoms. The summed E-state index contributed by atoms with van der Waals surface area (Å²) in [6, 6.07) is 8.06. The van der Waals surface area contributed by atoms with E-state index in [1.165, 1.54) is 18.4 Å². The molecule has 0 atom stereocenters. The first-order valence-corrected chi connectivity index (χ1v) is 8.26. The van der Waals surface area contributed by atoms with Gasteiger partial charge in [-0.15, -0.1) is 0 Å². The molecule has 0 saturated heterocycles. The van der Waals surface area contributed by atoms with E-state index < -0.39 is 0 Å². The number of nitrogens with one attached hydrogen (secondary N) is 2. The van der Waals surface area contributed by atoms with Gasteiger partial charge in [0.2, 0.25) is 5.91 Å². The summed E-state index contributed by atoms with van der Waals surface area (Å²) in [4.78, 5) is 12.0. The summed E-state index contributed by atoms with van der Waals surface area (Å²) in [5, 5.41) is 6.90. The number of benzene rings is 1. The Kier molecular flexibility index (Phi) is 6.68. The number of methoxy groups -OCH3 is 1. The second-order valence-electron chi connectivity index (χ2n) is 5.94. The molecule has 1 aliphatic carbocycles. The Balaban J connectivity index is 1.89. The van der Waals surface area contributed by atoms with Gasteiger partial charge in [0.1, 0.15) is 0 Å². The normalized spacial score (nSPS) is 16.6. The van der Waals surface area contributed by atoms with Gasteiger partial charge in [-0.3, -0.25) is 4.79 Å². The largest absolute Gasteiger partial charge is 0.383 e. The molecule has 2 rings (SSSR count). The molecule has 1 aliphatic rings. The van der Waals surface area contributed by atoms with Crippen molar-refractivity contribution >= 4 is 17.5 Å². The van der Waals surface area contributed by atoms with Gasteiger partial charge in [0.15, 0.2) is 0 Å². The molecule has 1 fully saturated rings. The number of hydrogen-bond donors (Lipinski definition) is 2. The molecule has 0 radical (unpaired) electrons. The fourth-order valence-electron chi connectivity index (χ4n) is 3.13. The minimum atomic E-state index is 0.0383. The smallest absolute Gasteiger partial charge is 0.233 e. The molecule has 0 aliphatic heterocycles. The minimum absolute atomic E-state index is 0.0383. The van der Waals surface area contributed by atoms with E-state index >= 15 is 0 Å². The van der Waals surface area contributed by atoms with Crippen molar-refractivity contribution < 1.29 is 9.53 Å². The highest BCUT2D eigenvalue weighted by Crippen LogP contribution is 2.40. The monoisotopic (exact) mass is 324 g/mol. The van der Waals surface area contributed by atoms with Crippen LogP contribution in [-0.2, 0) is 14.9 Å². The van der Waals surface area contributed by atoms with E-state index in [1.54, 1.807) is 7.11 Å². The summed E-state index contributed by atoms with van der Waals surface area (Å²) in [5.41, 5.74) is 1.34. The molecule has 1 saturated carbocycles. The molecule has 0 unspecified atom stereocenters. The van der Waals surface area contributed by atoms with Crippen molar-refractivity contribution in [3.8, 4) is 0 Å². The number of halogens is 1. The number of carbonyl (C=O) groups excluding carboxylic acids is 1. The lowest BCUT2D eigenvalue weighted by Gasteiger charge is -2.30. The van der Waals surface area contributed by atoms with Crippen LogP contribution in [0.15, 0.2) is 24.3 Å². The molecule has 0 heterocycles. The number of rotatable bonds is 8. The SMILES string of the molecule is COCCNCC(=O)NCC1(c2ccc(Cl)cc2)CCCC1. The highest BCUT2D eigenvalue weighted by Gasteiger charge is 2.35. The van der Waals surface area contributed by atoms with Crippen LogP contribution in [0.1, 0.15) is 31.2 Å². The van der Waals surface area contributed by atoms with Crippen molar-refractivity contribution in [1.82, 2.24) is 10.6 Å². The predicted molar refractivity (Wildman–Crippen MR) is 89.4 cm³/mol. The molecule has 22 heavy (non-hydrogen) atoms. The molecule has 4 nitrogen and oxygen atoms in total. The Morgan fingerprint density at radius 3 is 2.59 bits per heavy atom. The third kappa shape index (κ3) is 4.70. The Hall–Kier alpha value is -1.10. The van der Waals surface area contributed by atoms with Gasteiger partial charge in [0, 0.05) is 30.6 Å². The van der Waals surface area contributed by atoms with Gasteiger partial charge in [-0.05, 0) is 30.5 Å². The summed E-state index contributed by atoms with van der Waals surface area (Å²) in [6.45, 7) is 2.33. The molecule has 0 aromatic heterocycles. The van der Waals surface area contributed by atoms with E-state index in [2.05, 4.69) is 22.8 Å².